The van der Waals surface area contributed by atoms with Crippen molar-refractivity contribution in [2.75, 3.05) is 27.2 Å². The van der Waals surface area contributed by atoms with Gasteiger partial charge in [0.1, 0.15) is 6.04 Å². The van der Waals surface area contributed by atoms with E-state index in [1.165, 1.54) is 0 Å². The summed E-state index contributed by atoms with van der Waals surface area (Å²) in [5.74, 6) is 0.526. The Balaban J connectivity index is 2.08. The number of benzene rings is 1. The van der Waals surface area contributed by atoms with Crippen LogP contribution in [-0.2, 0) is 9.53 Å². The first-order valence-electron chi connectivity index (χ1n) is 8.42. The van der Waals surface area contributed by atoms with Crippen LogP contribution in [0.15, 0.2) is 30.3 Å². The minimum Gasteiger partial charge on any atom is -0.377 e. The minimum absolute atomic E-state index is 0.0856. The van der Waals surface area contributed by atoms with Gasteiger partial charge in [-0.15, -0.1) is 0 Å². The van der Waals surface area contributed by atoms with E-state index in [1.807, 2.05) is 30.3 Å². The van der Waals surface area contributed by atoms with Crippen LogP contribution in [0.25, 0.3) is 0 Å². The highest BCUT2D eigenvalue weighted by molar-refractivity contribution is 5.82. The van der Waals surface area contributed by atoms with Gasteiger partial charge in [-0.1, -0.05) is 51.1 Å². The van der Waals surface area contributed by atoms with E-state index < -0.39 is 0 Å². The fourth-order valence-corrected chi connectivity index (χ4v) is 3.32. The van der Waals surface area contributed by atoms with Crippen molar-refractivity contribution in [3.8, 4) is 0 Å². The van der Waals surface area contributed by atoms with Gasteiger partial charge in [-0.25, -0.2) is 0 Å². The van der Waals surface area contributed by atoms with Gasteiger partial charge < -0.3 is 15.0 Å². The molecule has 1 amide bonds. The molecule has 0 bridgehead atoms. The smallest absolute Gasteiger partial charge is 0.243 e. The highest BCUT2D eigenvalue weighted by Crippen LogP contribution is 2.34. The van der Waals surface area contributed by atoms with Gasteiger partial charge in [0, 0.05) is 33.2 Å². The summed E-state index contributed by atoms with van der Waals surface area (Å²) in [6.45, 7) is 8.26. The van der Waals surface area contributed by atoms with Crippen LogP contribution in [0.3, 0.4) is 0 Å². The van der Waals surface area contributed by atoms with Crippen LogP contribution in [-0.4, -0.2) is 44.2 Å². The zero-order valence-electron chi connectivity index (χ0n) is 15.0. The first-order valence-corrected chi connectivity index (χ1v) is 8.42. The summed E-state index contributed by atoms with van der Waals surface area (Å²) in [5.41, 5.74) is 1.13. The average Bonchev–Trinajstić information content (AvgIpc) is 2.97. The number of carbonyl (C=O) groups is 1. The van der Waals surface area contributed by atoms with Crippen LogP contribution in [0.4, 0.5) is 0 Å². The maximum Gasteiger partial charge on any atom is 0.243 e. The van der Waals surface area contributed by atoms with E-state index in [4.69, 9.17) is 4.74 Å². The topological polar surface area (TPSA) is 41.6 Å². The van der Waals surface area contributed by atoms with Crippen LogP contribution < -0.4 is 5.32 Å². The molecule has 1 aromatic carbocycles. The highest BCUT2D eigenvalue weighted by Gasteiger charge is 2.37. The molecule has 1 fully saturated rings. The van der Waals surface area contributed by atoms with Crippen molar-refractivity contribution in [3.05, 3.63) is 35.9 Å². The lowest BCUT2D eigenvalue weighted by Gasteiger charge is -2.32. The van der Waals surface area contributed by atoms with Crippen molar-refractivity contribution in [2.24, 2.45) is 11.3 Å². The normalized spacial score (nSPS) is 22.8. The third-order valence-electron chi connectivity index (χ3n) is 4.47. The molecule has 1 saturated heterocycles. The molecule has 3 atom stereocenters. The summed E-state index contributed by atoms with van der Waals surface area (Å²) in [6, 6.07) is 9.64. The van der Waals surface area contributed by atoms with Crippen molar-refractivity contribution < 1.29 is 9.53 Å². The lowest BCUT2D eigenvalue weighted by Crippen LogP contribution is -2.42. The molecule has 128 valence electrons. The summed E-state index contributed by atoms with van der Waals surface area (Å²) in [4.78, 5) is 14.2. The number of nitrogens with zero attached hydrogens (tertiary/aromatic N) is 1. The molecule has 4 heteroatoms. The van der Waals surface area contributed by atoms with E-state index in [-0.39, 0.29) is 23.5 Å². The molecule has 1 aliphatic rings. The number of rotatable bonds is 5. The average molecular weight is 318 g/mol. The van der Waals surface area contributed by atoms with Crippen LogP contribution >= 0.6 is 0 Å². The third kappa shape index (κ3) is 4.55. The molecule has 2 rings (SSSR count). The largest absolute Gasteiger partial charge is 0.377 e. The summed E-state index contributed by atoms with van der Waals surface area (Å²) < 4.78 is 5.94. The monoisotopic (exact) mass is 318 g/mol. The number of carbonyl (C=O) groups excluding carboxylic acids is 1. The minimum atomic E-state index is -0.299. The number of ether oxygens (including phenoxy) is 1. The summed E-state index contributed by atoms with van der Waals surface area (Å²) in [7, 11) is 3.60. The SMILES string of the molecule is CN(C)C(=O)[C@H](NC[C@H]1CCO[C@@H]1C(C)(C)C)c1ccccc1. The van der Waals surface area contributed by atoms with Crippen LogP contribution in [0.5, 0.6) is 0 Å². The molecule has 23 heavy (non-hydrogen) atoms. The Labute approximate surface area is 140 Å². The van der Waals surface area contributed by atoms with E-state index in [2.05, 4.69) is 26.1 Å². The Bertz CT molecular complexity index is 508. The number of hydrogen-bond donors (Lipinski definition) is 1. The van der Waals surface area contributed by atoms with Gasteiger partial charge in [-0.3, -0.25) is 4.79 Å². The quantitative estimate of drug-likeness (QED) is 0.907. The molecular formula is C19H30N2O2. The predicted molar refractivity (Wildman–Crippen MR) is 93.2 cm³/mol. The van der Waals surface area contributed by atoms with E-state index in [1.54, 1.807) is 19.0 Å². The van der Waals surface area contributed by atoms with Gasteiger partial charge in [-0.05, 0) is 17.4 Å². The van der Waals surface area contributed by atoms with Crippen LogP contribution in [0.2, 0.25) is 0 Å². The Morgan fingerprint density at radius 2 is 1.96 bits per heavy atom. The Morgan fingerprint density at radius 3 is 2.52 bits per heavy atom. The van der Waals surface area contributed by atoms with E-state index in [0.717, 1.165) is 25.1 Å². The van der Waals surface area contributed by atoms with Gasteiger partial charge in [0.25, 0.3) is 0 Å². The predicted octanol–water partition coefficient (Wildman–Crippen LogP) is 2.86. The van der Waals surface area contributed by atoms with Gasteiger partial charge in [0.15, 0.2) is 0 Å². The summed E-state index contributed by atoms with van der Waals surface area (Å²) in [6.07, 6.45) is 1.29. The second kappa shape index (κ2) is 7.45. The molecule has 1 N–H and O–H groups in total. The highest BCUT2D eigenvalue weighted by atomic mass is 16.5. The maximum atomic E-state index is 12.6. The Morgan fingerprint density at radius 1 is 1.30 bits per heavy atom. The zero-order chi connectivity index (χ0) is 17.0. The molecule has 0 spiro atoms. The lowest BCUT2D eigenvalue weighted by atomic mass is 9.81. The lowest BCUT2D eigenvalue weighted by molar-refractivity contribution is -0.131. The van der Waals surface area contributed by atoms with Gasteiger partial charge in [0.2, 0.25) is 5.91 Å². The van der Waals surface area contributed by atoms with Crippen molar-refractivity contribution in [2.45, 2.75) is 39.3 Å². The van der Waals surface area contributed by atoms with Gasteiger partial charge >= 0.3 is 0 Å². The zero-order valence-corrected chi connectivity index (χ0v) is 15.0. The molecule has 0 radical (unpaired) electrons. The van der Waals surface area contributed by atoms with E-state index >= 15 is 0 Å². The maximum absolute atomic E-state index is 12.6. The fraction of sp³-hybridized carbons (Fsp3) is 0.632. The van der Waals surface area contributed by atoms with Crippen molar-refractivity contribution >= 4 is 5.91 Å². The van der Waals surface area contributed by atoms with Crippen molar-refractivity contribution in [1.82, 2.24) is 10.2 Å². The van der Waals surface area contributed by atoms with Crippen molar-refractivity contribution in [1.29, 1.82) is 0 Å². The molecule has 1 heterocycles. The molecule has 0 unspecified atom stereocenters. The van der Waals surface area contributed by atoms with Crippen LogP contribution in [0.1, 0.15) is 38.8 Å². The Kier molecular flexibility index (Phi) is 5.82. The van der Waals surface area contributed by atoms with Crippen molar-refractivity contribution in [3.63, 3.8) is 0 Å². The molecule has 4 nitrogen and oxygen atoms in total. The second-order valence-electron chi connectivity index (χ2n) is 7.69. The van der Waals surface area contributed by atoms with Crippen LogP contribution in [0, 0.1) is 11.3 Å². The number of amides is 1. The summed E-state index contributed by atoms with van der Waals surface area (Å²) >= 11 is 0. The summed E-state index contributed by atoms with van der Waals surface area (Å²) in [5, 5.41) is 3.49. The first kappa shape index (κ1) is 18.0. The van der Waals surface area contributed by atoms with Gasteiger partial charge in [-0.2, -0.15) is 0 Å². The van der Waals surface area contributed by atoms with E-state index in [0.29, 0.717) is 5.92 Å². The molecule has 0 aromatic heterocycles. The molecule has 1 aliphatic heterocycles. The standard InChI is InChI=1S/C19H30N2O2/c1-19(2,3)17-15(11-12-23-17)13-20-16(18(22)21(4)5)14-9-7-6-8-10-14/h6-10,15-17,20H,11-13H2,1-5H3/t15-,16-,17+/m1/s1. The second-order valence-corrected chi connectivity index (χ2v) is 7.69. The number of nitrogens with one attached hydrogen (secondary N) is 1. The molecule has 0 saturated carbocycles. The fourth-order valence-electron chi connectivity index (χ4n) is 3.32. The molecule has 1 aromatic rings. The van der Waals surface area contributed by atoms with E-state index in [9.17, 15) is 4.79 Å². The molecule has 0 aliphatic carbocycles. The third-order valence-corrected chi connectivity index (χ3v) is 4.47. The first-order chi connectivity index (χ1) is 10.8. The number of likely N-dealkylation sites (N-methyl/N-ethyl adjacent to an activating group) is 1. The molecular weight excluding hydrogens is 288 g/mol. The Hall–Kier alpha value is -1.39. The number of hydrogen-bond acceptors (Lipinski definition) is 3. The van der Waals surface area contributed by atoms with Gasteiger partial charge in [0.05, 0.1) is 6.10 Å².